The van der Waals surface area contributed by atoms with Gasteiger partial charge in [-0.3, -0.25) is 14.9 Å². The third kappa shape index (κ3) is 6.73. The van der Waals surface area contributed by atoms with E-state index in [1.807, 2.05) is 10.2 Å². The number of imide groups is 1. The number of thioether (sulfide) groups is 1. The lowest BCUT2D eigenvalue weighted by Crippen LogP contribution is -2.41. The van der Waals surface area contributed by atoms with Crippen LogP contribution in [0.5, 0.6) is 0 Å². The van der Waals surface area contributed by atoms with Crippen LogP contribution < -0.4 is 10.6 Å². The number of carbonyl (C=O) groups excluding carboxylic acids is 4. The van der Waals surface area contributed by atoms with Crippen LogP contribution in [0.3, 0.4) is 0 Å². The molecule has 0 aliphatic carbocycles. The summed E-state index contributed by atoms with van der Waals surface area (Å²) in [6.07, 6.45) is 3.51. The Morgan fingerprint density at radius 1 is 1.18 bits per heavy atom. The van der Waals surface area contributed by atoms with Crippen LogP contribution >= 0.6 is 11.8 Å². The second kappa shape index (κ2) is 11.1. The van der Waals surface area contributed by atoms with Gasteiger partial charge in [-0.05, 0) is 25.0 Å². The van der Waals surface area contributed by atoms with Crippen LogP contribution in [0.2, 0.25) is 0 Å². The van der Waals surface area contributed by atoms with Gasteiger partial charge < -0.3 is 15.0 Å². The Morgan fingerprint density at radius 2 is 1.89 bits per heavy atom. The third-order valence-electron chi connectivity index (χ3n) is 3.91. The minimum atomic E-state index is -0.746. The van der Waals surface area contributed by atoms with Gasteiger partial charge in [-0.25, -0.2) is 9.59 Å². The minimum absolute atomic E-state index is 0.0376. The van der Waals surface area contributed by atoms with Crippen molar-refractivity contribution in [2.24, 2.45) is 0 Å². The van der Waals surface area contributed by atoms with Crippen molar-refractivity contribution < 1.29 is 23.9 Å². The summed E-state index contributed by atoms with van der Waals surface area (Å²) in [6.45, 7) is 4.61. The number of likely N-dealkylation sites (tertiary alicyclic amines) is 1. The van der Waals surface area contributed by atoms with Gasteiger partial charge in [0.2, 0.25) is 5.91 Å². The number of rotatable bonds is 8. The van der Waals surface area contributed by atoms with Crippen LogP contribution in [-0.2, 0) is 14.3 Å². The lowest BCUT2D eigenvalue weighted by Gasteiger charge is -2.15. The molecule has 0 aromatic heterocycles. The van der Waals surface area contributed by atoms with Gasteiger partial charge in [0.25, 0.3) is 5.91 Å². The molecule has 4 amide bonds. The Kier molecular flexibility index (Phi) is 8.54. The smallest absolute Gasteiger partial charge is 0.339 e. The summed E-state index contributed by atoms with van der Waals surface area (Å²) in [5.74, 6) is -1.17. The number of benzene rings is 1. The minimum Gasteiger partial charge on any atom is -0.452 e. The van der Waals surface area contributed by atoms with Crippen molar-refractivity contribution in [1.82, 2.24) is 15.5 Å². The first kappa shape index (κ1) is 21.5. The van der Waals surface area contributed by atoms with Crippen molar-refractivity contribution in [3.8, 4) is 0 Å². The average Bonchev–Trinajstić information content (AvgIpc) is 3.24. The molecule has 8 nitrogen and oxygen atoms in total. The molecule has 9 heteroatoms. The molecule has 0 bridgehead atoms. The fraction of sp³-hybridized carbons (Fsp3) is 0.368. The highest BCUT2D eigenvalue weighted by atomic mass is 32.2. The van der Waals surface area contributed by atoms with Gasteiger partial charge in [0.05, 0.1) is 11.3 Å². The van der Waals surface area contributed by atoms with E-state index in [0.29, 0.717) is 4.90 Å². The summed E-state index contributed by atoms with van der Waals surface area (Å²) in [6, 6.07) is 6.03. The van der Waals surface area contributed by atoms with Crippen LogP contribution in [0.4, 0.5) is 4.79 Å². The second-order valence-electron chi connectivity index (χ2n) is 6.00. The van der Waals surface area contributed by atoms with Crippen molar-refractivity contribution in [1.29, 1.82) is 0 Å². The van der Waals surface area contributed by atoms with Crippen LogP contribution in [0.25, 0.3) is 0 Å². The average molecular weight is 405 g/mol. The maximum Gasteiger partial charge on any atom is 0.339 e. The molecule has 1 saturated heterocycles. The SMILES string of the molecule is C=CCNC(=O)NC(=O)COC(=O)c1ccccc1SCC(=O)N1CCCC1. The first-order valence-corrected chi connectivity index (χ1v) is 9.85. The molecule has 1 aromatic rings. The molecule has 1 fully saturated rings. The van der Waals surface area contributed by atoms with E-state index >= 15 is 0 Å². The summed E-state index contributed by atoms with van der Waals surface area (Å²) in [5.41, 5.74) is 0.269. The standard InChI is InChI=1S/C19H23N3O5S/c1-2-9-20-19(26)21-16(23)12-27-18(25)14-7-3-4-8-15(14)28-13-17(24)22-10-5-6-11-22/h2-4,7-8H,1,5-6,9-13H2,(H2,20,21,23,26). The fourth-order valence-corrected chi connectivity index (χ4v) is 3.48. The number of ether oxygens (including phenoxy) is 1. The quantitative estimate of drug-likeness (QED) is 0.386. The van der Waals surface area contributed by atoms with Gasteiger partial charge in [-0.2, -0.15) is 0 Å². The molecule has 1 aliphatic rings. The van der Waals surface area contributed by atoms with Crippen molar-refractivity contribution in [2.75, 3.05) is 32.0 Å². The first-order valence-electron chi connectivity index (χ1n) is 8.86. The third-order valence-corrected chi connectivity index (χ3v) is 4.97. The van der Waals surface area contributed by atoms with Crippen molar-refractivity contribution in [3.63, 3.8) is 0 Å². The van der Waals surface area contributed by atoms with Crippen molar-refractivity contribution in [3.05, 3.63) is 42.5 Å². The number of carbonyl (C=O) groups is 4. The topological polar surface area (TPSA) is 105 Å². The maximum absolute atomic E-state index is 12.3. The Balaban J connectivity index is 1.85. The Bertz CT molecular complexity index is 747. The molecule has 0 unspecified atom stereocenters. The Morgan fingerprint density at radius 3 is 2.61 bits per heavy atom. The normalized spacial score (nSPS) is 12.9. The Labute approximate surface area is 167 Å². The molecule has 0 spiro atoms. The van der Waals surface area contributed by atoms with E-state index in [1.165, 1.54) is 17.8 Å². The predicted molar refractivity (Wildman–Crippen MR) is 105 cm³/mol. The van der Waals surface area contributed by atoms with Crippen molar-refractivity contribution >= 4 is 35.6 Å². The number of amides is 4. The number of urea groups is 1. The zero-order valence-electron chi connectivity index (χ0n) is 15.4. The van der Waals surface area contributed by atoms with Crippen LogP contribution in [0.1, 0.15) is 23.2 Å². The number of hydrogen-bond acceptors (Lipinski definition) is 6. The molecule has 2 rings (SSSR count). The van der Waals surface area contributed by atoms with Crippen LogP contribution in [0, 0.1) is 0 Å². The molecule has 1 aliphatic heterocycles. The first-order chi connectivity index (χ1) is 13.5. The summed E-state index contributed by atoms with van der Waals surface area (Å²) in [4.78, 5) is 49.9. The highest BCUT2D eigenvalue weighted by Crippen LogP contribution is 2.24. The second-order valence-corrected chi connectivity index (χ2v) is 7.01. The number of nitrogens with zero attached hydrogens (tertiary/aromatic N) is 1. The molecular weight excluding hydrogens is 382 g/mol. The van der Waals surface area contributed by atoms with Gasteiger partial charge in [0.1, 0.15) is 0 Å². The largest absolute Gasteiger partial charge is 0.452 e. The zero-order valence-corrected chi connectivity index (χ0v) is 16.3. The van der Waals surface area contributed by atoms with E-state index in [-0.39, 0.29) is 23.8 Å². The molecule has 28 heavy (non-hydrogen) atoms. The summed E-state index contributed by atoms with van der Waals surface area (Å²) in [5, 5.41) is 4.41. The summed E-state index contributed by atoms with van der Waals surface area (Å²) >= 11 is 1.26. The zero-order chi connectivity index (χ0) is 20.4. The molecule has 2 N–H and O–H groups in total. The number of esters is 1. The Hall–Kier alpha value is -2.81. The molecule has 0 saturated carbocycles. The van der Waals surface area contributed by atoms with Gasteiger partial charge >= 0.3 is 12.0 Å². The monoisotopic (exact) mass is 405 g/mol. The van der Waals surface area contributed by atoms with E-state index in [9.17, 15) is 19.2 Å². The highest BCUT2D eigenvalue weighted by molar-refractivity contribution is 8.00. The lowest BCUT2D eigenvalue weighted by atomic mass is 10.2. The van der Waals surface area contributed by atoms with E-state index in [4.69, 9.17) is 4.74 Å². The van der Waals surface area contributed by atoms with Gasteiger partial charge in [0.15, 0.2) is 6.61 Å². The van der Waals surface area contributed by atoms with Gasteiger partial charge in [-0.15, -0.1) is 18.3 Å². The summed E-state index contributed by atoms with van der Waals surface area (Å²) < 4.78 is 4.98. The van der Waals surface area contributed by atoms with E-state index in [1.54, 1.807) is 24.3 Å². The van der Waals surface area contributed by atoms with Crippen LogP contribution in [0.15, 0.2) is 41.8 Å². The van der Waals surface area contributed by atoms with E-state index < -0.39 is 24.5 Å². The van der Waals surface area contributed by atoms with E-state index in [0.717, 1.165) is 25.9 Å². The maximum atomic E-state index is 12.3. The summed E-state index contributed by atoms with van der Waals surface area (Å²) in [7, 11) is 0. The van der Waals surface area contributed by atoms with Crippen LogP contribution in [-0.4, -0.2) is 60.7 Å². The van der Waals surface area contributed by atoms with Crippen molar-refractivity contribution in [2.45, 2.75) is 17.7 Å². The molecule has 0 atom stereocenters. The fourth-order valence-electron chi connectivity index (χ4n) is 2.54. The number of hydrogen-bond donors (Lipinski definition) is 2. The molecule has 1 aromatic carbocycles. The molecule has 150 valence electrons. The van der Waals surface area contributed by atoms with Gasteiger partial charge in [-0.1, -0.05) is 18.2 Å². The molecule has 0 radical (unpaired) electrons. The predicted octanol–water partition coefficient (Wildman–Crippen LogP) is 1.57. The molecule has 1 heterocycles. The lowest BCUT2D eigenvalue weighted by molar-refractivity contribution is -0.127. The van der Waals surface area contributed by atoms with E-state index in [2.05, 4.69) is 11.9 Å². The van der Waals surface area contributed by atoms with Gasteiger partial charge in [0, 0.05) is 24.5 Å². The highest BCUT2D eigenvalue weighted by Gasteiger charge is 2.20. The number of nitrogens with one attached hydrogen (secondary N) is 2. The molecular formula is C19H23N3O5S.